The molecule has 1 aromatic rings. The number of rotatable bonds is 1. The number of hydrogen-bond acceptors (Lipinski definition) is 2. The zero-order valence-electron chi connectivity index (χ0n) is 9.37. The lowest BCUT2D eigenvalue weighted by atomic mass is 9.83. The standard InChI is InChI=1S/C12H19N3/c1-9-14-8-12-6-10(3-5-15(9)12)11-2-4-13-7-11/h8,10-11,13H,2-7H2,1H3. The smallest absolute Gasteiger partial charge is 0.105 e. The molecule has 0 aromatic carbocycles. The highest BCUT2D eigenvalue weighted by Gasteiger charge is 2.28. The van der Waals surface area contributed by atoms with Gasteiger partial charge in [0.15, 0.2) is 0 Å². The predicted octanol–water partition coefficient (Wildman–Crippen LogP) is 1.36. The summed E-state index contributed by atoms with van der Waals surface area (Å²) in [5.74, 6) is 2.99. The summed E-state index contributed by atoms with van der Waals surface area (Å²) < 4.78 is 2.39. The van der Waals surface area contributed by atoms with Crippen molar-refractivity contribution in [3.05, 3.63) is 17.7 Å². The third kappa shape index (κ3) is 1.59. The first-order chi connectivity index (χ1) is 7.34. The molecule has 2 atom stereocenters. The molecule has 0 spiro atoms. The molecule has 3 heterocycles. The Morgan fingerprint density at radius 1 is 1.40 bits per heavy atom. The normalized spacial score (nSPS) is 30.5. The van der Waals surface area contributed by atoms with Gasteiger partial charge in [0, 0.05) is 18.4 Å². The second kappa shape index (κ2) is 3.63. The zero-order valence-corrected chi connectivity index (χ0v) is 9.37. The molecule has 0 saturated carbocycles. The van der Waals surface area contributed by atoms with E-state index in [2.05, 4.69) is 28.0 Å². The largest absolute Gasteiger partial charge is 0.332 e. The number of imidazole rings is 1. The number of aryl methyl sites for hydroxylation is 1. The Labute approximate surface area is 90.9 Å². The van der Waals surface area contributed by atoms with Crippen LogP contribution in [0.25, 0.3) is 0 Å². The molecule has 3 heteroatoms. The van der Waals surface area contributed by atoms with Gasteiger partial charge in [-0.1, -0.05) is 0 Å². The van der Waals surface area contributed by atoms with E-state index in [4.69, 9.17) is 0 Å². The second-order valence-corrected chi connectivity index (χ2v) is 4.95. The Kier molecular flexibility index (Phi) is 2.28. The molecule has 1 aromatic heterocycles. The van der Waals surface area contributed by atoms with Gasteiger partial charge in [0.1, 0.15) is 5.82 Å². The molecule has 82 valence electrons. The van der Waals surface area contributed by atoms with Crippen molar-refractivity contribution in [3.63, 3.8) is 0 Å². The molecule has 1 saturated heterocycles. The molecule has 0 radical (unpaired) electrons. The summed E-state index contributed by atoms with van der Waals surface area (Å²) in [6.07, 6.45) is 6.03. The molecular formula is C12H19N3. The second-order valence-electron chi connectivity index (χ2n) is 4.95. The summed E-state index contributed by atoms with van der Waals surface area (Å²) in [5.41, 5.74) is 1.45. The maximum atomic E-state index is 4.41. The summed E-state index contributed by atoms with van der Waals surface area (Å²) >= 11 is 0. The molecule has 1 fully saturated rings. The zero-order chi connectivity index (χ0) is 10.3. The van der Waals surface area contributed by atoms with Gasteiger partial charge in [0.05, 0.1) is 0 Å². The van der Waals surface area contributed by atoms with Gasteiger partial charge in [-0.2, -0.15) is 0 Å². The number of nitrogens with one attached hydrogen (secondary N) is 1. The van der Waals surface area contributed by atoms with E-state index in [0.29, 0.717) is 0 Å². The fourth-order valence-electron chi connectivity index (χ4n) is 3.13. The van der Waals surface area contributed by atoms with Crippen molar-refractivity contribution in [2.45, 2.75) is 32.7 Å². The summed E-state index contributed by atoms with van der Waals surface area (Å²) in [4.78, 5) is 4.41. The Bertz CT molecular complexity index is 350. The predicted molar refractivity (Wildman–Crippen MR) is 59.8 cm³/mol. The van der Waals surface area contributed by atoms with Crippen molar-refractivity contribution >= 4 is 0 Å². The minimum Gasteiger partial charge on any atom is -0.332 e. The van der Waals surface area contributed by atoms with Gasteiger partial charge >= 0.3 is 0 Å². The monoisotopic (exact) mass is 205 g/mol. The fourth-order valence-corrected chi connectivity index (χ4v) is 3.13. The molecule has 0 bridgehead atoms. The molecule has 0 amide bonds. The molecule has 2 aliphatic heterocycles. The molecule has 1 N–H and O–H groups in total. The third-order valence-electron chi connectivity index (χ3n) is 4.10. The van der Waals surface area contributed by atoms with Gasteiger partial charge in [-0.25, -0.2) is 4.98 Å². The van der Waals surface area contributed by atoms with E-state index in [1.54, 1.807) is 0 Å². The molecule has 3 rings (SSSR count). The lowest BCUT2D eigenvalue weighted by Gasteiger charge is -2.28. The topological polar surface area (TPSA) is 29.9 Å². The fraction of sp³-hybridized carbons (Fsp3) is 0.750. The van der Waals surface area contributed by atoms with Crippen molar-refractivity contribution in [1.82, 2.24) is 14.9 Å². The van der Waals surface area contributed by atoms with E-state index in [9.17, 15) is 0 Å². The maximum absolute atomic E-state index is 4.41. The summed E-state index contributed by atoms with van der Waals surface area (Å²) in [5, 5.41) is 3.48. The van der Waals surface area contributed by atoms with Crippen LogP contribution in [0.15, 0.2) is 6.20 Å². The van der Waals surface area contributed by atoms with Crippen LogP contribution in [0, 0.1) is 18.8 Å². The highest BCUT2D eigenvalue weighted by Crippen LogP contribution is 2.30. The lowest BCUT2D eigenvalue weighted by molar-refractivity contribution is 0.283. The van der Waals surface area contributed by atoms with Crippen LogP contribution in [0.3, 0.4) is 0 Å². The summed E-state index contributed by atoms with van der Waals surface area (Å²) in [6, 6.07) is 0. The minimum atomic E-state index is 0.892. The van der Waals surface area contributed by atoms with Gasteiger partial charge < -0.3 is 9.88 Å². The summed E-state index contributed by atoms with van der Waals surface area (Å²) in [7, 11) is 0. The molecular weight excluding hydrogens is 186 g/mol. The quantitative estimate of drug-likeness (QED) is 0.750. The Morgan fingerprint density at radius 2 is 2.33 bits per heavy atom. The Morgan fingerprint density at radius 3 is 3.13 bits per heavy atom. The Balaban J connectivity index is 1.77. The Hall–Kier alpha value is -0.830. The van der Waals surface area contributed by atoms with Crippen molar-refractivity contribution < 1.29 is 0 Å². The van der Waals surface area contributed by atoms with Crippen LogP contribution in [0.5, 0.6) is 0 Å². The van der Waals surface area contributed by atoms with Crippen LogP contribution in [0.2, 0.25) is 0 Å². The minimum absolute atomic E-state index is 0.892. The number of aromatic nitrogens is 2. The van der Waals surface area contributed by atoms with Gasteiger partial charge in [0.2, 0.25) is 0 Å². The highest BCUT2D eigenvalue weighted by molar-refractivity contribution is 5.08. The number of fused-ring (bicyclic) bond motifs is 1. The van der Waals surface area contributed by atoms with Crippen LogP contribution in [-0.4, -0.2) is 22.6 Å². The van der Waals surface area contributed by atoms with Crippen molar-refractivity contribution in [1.29, 1.82) is 0 Å². The van der Waals surface area contributed by atoms with Crippen molar-refractivity contribution in [2.75, 3.05) is 13.1 Å². The van der Waals surface area contributed by atoms with Crippen molar-refractivity contribution in [3.8, 4) is 0 Å². The maximum Gasteiger partial charge on any atom is 0.105 e. The van der Waals surface area contributed by atoms with E-state index in [1.807, 2.05) is 0 Å². The lowest BCUT2D eigenvalue weighted by Crippen LogP contribution is -2.27. The third-order valence-corrected chi connectivity index (χ3v) is 4.10. The van der Waals surface area contributed by atoms with E-state index in [-0.39, 0.29) is 0 Å². The number of nitrogens with zero attached hydrogens (tertiary/aromatic N) is 2. The first kappa shape index (κ1) is 9.40. The molecule has 2 aliphatic rings. The van der Waals surface area contributed by atoms with Crippen LogP contribution < -0.4 is 5.32 Å². The van der Waals surface area contributed by atoms with Gasteiger partial charge in [-0.15, -0.1) is 0 Å². The van der Waals surface area contributed by atoms with Crippen LogP contribution in [-0.2, 0) is 13.0 Å². The van der Waals surface area contributed by atoms with E-state index >= 15 is 0 Å². The SMILES string of the molecule is Cc1ncc2n1CCC(C1CCNC1)C2. The van der Waals surface area contributed by atoms with E-state index in [1.165, 1.54) is 50.4 Å². The number of hydrogen-bond donors (Lipinski definition) is 1. The highest BCUT2D eigenvalue weighted by atomic mass is 15.1. The van der Waals surface area contributed by atoms with Crippen LogP contribution in [0.1, 0.15) is 24.4 Å². The summed E-state index contributed by atoms with van der Waals surface area (Å²) in [6.45, 7) is 5.75. The molecule has 3 nitrogen and oxygen atoms in total. The van der Waals surface area contributed by atoms with Gasteiger partial charge in [0.25, 0.3) is 0 Å². The first-order valence-electron chi connectivity index (χ1n) is 6.06. The average molecular weight is 205 g/mol. The molecule has 2 unspecified atom stereocenters. The van der Waals surface area contributed by atoms with Gasteiger partial charge in [-0.05, 0) is 51.1 Å². The van der Waals surface area contributed by atoms with Crippen LogP contribution in [0.4, 0.5) is 0 Å². The molecule has 0 aliphatic carbocycles. The van der Waals surface area contributed by atoms with Crippen molar-refractivity contribution in [2.24, 2.45) is 11.8 Å². The van der Waals surface area contributed by atoms with E-state index < -0.39 is 0 Å². The molecule has 15 heavy (non-hydrogen) atoms. The van der Waals surface area contributed by atoms with E-state index in [0.717, 1.165) is 11.8 Å². The first-order valence-corrected chi connectivity index (χ1v) is 6.06. The average Bonchev–Trinajstić information content (AvgIpc) is 2.88. The van der Waals surface area contributed by atoms with Crippen LogP contribution >= 0.6 is 0 Å². The van der Waals surface area contributed by atoms with Gasteiger partial charge in [-0.3, -0.25) is 0 Å².